The zero-order valence-electron chi connectivity index (χ0n) is 12.8. The van der Waals surface area contributed by atoms with Crippen LogP contribution in [-0.4, -0.2) is 47.8 Å². The Kier molecular flexibility index (Phi) is 5.67. The molecule has 1 aliphatic heterocycles. The average Bonchev–Trinajstić information content (AvgIpc) is 2.47. The van der Waals surface area contributed by atoms with Gasteiger partial charge in [-0.15, -0.1) is 0 Å². The smallest absolute Gasteiger partial charge is 0.217 e. The maximum absolute atomic E-state index is 11.1. The normalized spacial score (nSPS) is 15.9. The van der Waals surface area contributed by atoms with Gasteiger partial charge in [0.1, 0.15) is 11.6 Å². The molecule has 0 spiro atoms. The molecule has 0 unspecified atom stereocenters. The zero-order valence-corrected chi connectivity index (χ0v) is 13.7. The Morgan fingerprint density at radius 3 is 2.71 bits per heavy atom. The molecular weight excluding hydrogens is 286 g/mol. The number of anilines is 2. The summed E-state index contributed by atoms with van der Waals surface area (Å²) in [6.07, 6.45) is 3.89. The Bertz CT molecular complexity index is 488. The molecule has 21 heavy (non-hydrogen) atoms. The molecule has 0 saturated carbocycles. The van der Waals surface area contributed by atoms with Gasteiger partial charge in [-0.25, -0.2) is 9.97 Å². The van der Waals surface area contributed by atoms with Crippen molar-refractivity contribution in [1.29, 1.82) is 0 Å². The molecule has 1 saturated heterocycles. The number of nitrogens with one attached hydrogen (secondary N) is 2. The van der Waals surface area contributed by atoms with Crippen LogP contribution >= 0.6 is 11.8 Å². The van der Waals surface area contributed by atoms with Gasteiger partial charge in [0, 0.05) is 38.7 Å². The fraction of sp³-hybridized carbons (Fsp3) is 0.643. The molecule has 1 aromatic rings. The van der Waals surface area contributed by atoms with Gasteiger partial charge in [-0.05, 0) is 26.0 Å². The van der Waals surface area contributed by atoms with Crippen molar-refractivity contribution >= 4 is 29.3 Å². The fourth-order valence-electron chi connectivity index (χ4n) is 2.48. The van der Waals surface area contributed by atoms with E-state index in [1.807, 2.05) is 12.3 Å². The summed E-state index contributed by atoms with van der Waals surface area (Å²) in [6.45, 7) is 6.28. The minimum atomic E-state index is 0.0505. The minimum absolute atomic E-state index is 0.0505. The maximum Gasteiger partial charge on any atom is 0.217 e. The molecule has 0 radical (unpaired) electrons. The van der Waals surface area contributed by atoms with Crippen LogP contribution < -0.4 is 15.5 Å². The Morgan fingerprint density at radius 2 is 2.14 bits per heavy atom. The summed E-state index contributed by atoms with van der Waals surface area (Å²) in [5, 5.41) is 7.03. The first-order chi connectivity index (χ1) is 10.1. The molecule has 2 heterocycles. The number of hydrogen-bond acceptors (Lipinski definition) is 6. The summed E-state index contributed by atoms with van der Waals surface area (Å²) in [5.41, 5.74) is 0. The van der Waals surface area contributed by atoms with Gasteiger partial charge in [0.25, 0.3) is 0 Å². The number of amides is 1. The third-order valence-electron chi connectivity index (χ3n) is 3.46. The molecule has 7 heteroatoms. The summed E-state index contributed by atoms with van der Waals surface area (Å²) in [4.78, 5) is 22.4. The van der Waals surface area contributed by atoms with Gasteiger partial charge >= 0.3 is 0 Å². The molecule has 1 aliphatic rings. The summed E-state index contributed by atoms with van der Waals surface area (Å²) < 4.78 is 0. The lowest BCUT2D eigenvalue weighted by Gasteiger charge is -2.33. The quantitative estimate of drug-likeness (QED) is 0.638. The van der Waals surface area contributed by atoms with E-state index >= 15 is 0 Å². The van der Waals surface area contributed by atoms with Gasteiger partial charge in [-0.1, -0.05) is 11.8 Å². The number of nitrogens with zero attached hydrogens (tertiary/aromatic N) is 3. The van der Waals surface area contributed by atoms with Gasteiger partial charge in [-0.3, -0.25) is 4.79 Å². The van der Waals surface area contributed by atoms with Crippen LogP contribution in [0.5, 0.6) is 0 Å². The van der Waals surface area contributed by atoms with E-state index in [0.29, 0.717) is 0 Å². The van der Waals surface area contributed by atoms with Gasteiger partial charge in [-0.2, -0.15) is 0 Å². The molecule has 0 atom stereocenters. The Balaban J connectivity index is 2.05. The molecule has 1 aromatic heterocycles. The number of rotatable bonds is 5. The first-order valence-electron chi connectivity index (χ1n) is 7.31. The van der Waals surface area contributed by atoms with E-state index in [9.17, 15) is 4.79 Å². The number of aromatic nitrogens is 2. The second kappa shape index (κ2) is 7.49. The van der Waals surface area contributed by atoms with Gasteiger partial charge in [0.15, 0.2) is 5.16 Å². The fourth-order valence-corrected chi connectivity index (χ4v) is 2.85. The third-order valence-corrected chi connectivity index (χ3v) is 4.01. The van der Waals surface area contributed by atoms with E-state index in [-0.39, 0.29) is 11.9 Å². The topological polar surface area (TPSA) is 70.2 Å². The predicted octanol–water partition coefficient (Wildman–Crippen LogP) is 1.74. The average molecular weight is 309 g/mol. The summed E-state index contributed by atoms with van der Waals surface area (Å²) in [6, 6.07) is 2.29. The lowest BCUT2D eigenvalue weighted by atomic mass is 10.1. The summed E-state index contributed by atoms with van der Waals surface area (Å²) in [7, 11) is 0. The van der Waals surface area contributed by atoms with Crippen molar-refractivity contribution in [3.8, 4) is 0 Å². The van der Waals surface area contributed by atoms with E-state index in [0.717, 1.165) is 49.3 Å². The number of piperidine rings is 1. The van der Waals surface area contributed by atoms with Crippen molar-refractivity contribution < 1.29 is 4.79 Å². The highest BCUT2D eigenvalue weighted by Gasteiger charge is 2.21. The summed E-state index contributed by atoms with van der Waals surface area (Å²) >= 11 is 1.55. The molecule has 6 nitrogen and oxygen atoms in total. The highest BCUT2D eigenvalue weighted by Crippen LogP contribution is 2.23. The van der Waals surface area contributed by atoms with Crippen molar-refractivity contribution in [2.45, 2.75) is 37.9 Å². The highest BCUT2D eigenvalue weighted by molar-refractivity contribution is 7.98. The SMILES string of the molecule is CCNc1cc(N2CCC(NC(C)=O)CC2)nc(SC)n1. The second-order valence-corrected chi connectivity index (χ2v) is 5.86. The predicted molar refractivity (Wildman–Crippen MR) is 87.0 cm³/mol. The standard InChI is InChI=1S/C14H23N5OS/c1-4-15-12-9-13(18-14(17-12)21-3)19-7-5-11(6-8-19)16-10(2)20/h9,11H,4-8H2,1-3H3,(H,16,20)(H,15,17,18). The van der Waals surface area contributed by atoms with Crippen molar-refractivity contribution in [3.05, 3.63) is 6.07 Å². The van der Waals surface area contributed by atoms with Gasteiger partial charge in [0.2, 0.25) is 5.91 Å². The van der Waals surface area contributed by atoms with Crippen LogP contribution in [0.1, 0.15) is 26.7 Å². The molecule has 2 rings (SSSR count). The minimum Gasteiger partial charge on any atom is -0.370 e. The van der Waals surface area contributed by atoms with Crippen LogP contribution in [0, 0.1) is 0 Å². The molecule has 2 N–H and O–H groups in total. The van der Waals surface area contributed by atoms with Crippen LogP contribution in [0.3, 0.4) is 0 Å². The van der Waals surface area contributed by atoms with E-state index < -0.39 is 0 Å². The van der Waals surface area contributed by atoms with Crippen LogP contribution in [0.4, 0.5) is 11.6 Å². The van der Waals surface area contributed by atoms with E-state index in [1.165, 1.54) is 0 Å². The Hall–Kier alpha value is -1.50. The first kappa shape index (κ1) is 15.9. The molecule has 1 fully saturated rings. The van der Waals surface area contributed by atoms with Gasteiger partial charge < -0.3 is 15.5 Å². The Labute approximate surface area is 130 Å². The first-order valence-corrected chi connectivity index (χ1v) is 8.53. The van der Waals surface area contributed by atoms with Crippen molar-refractivity contribution in [3.63, 3.8) is 0 Å². The zero-order chi connectivity index (χ0) is 15.2. The lowest BCUT2D eigenvalue weighted by Crippen LogP contribution is -2.44. The highest BCUT2D eigenvalue weighted by atomic mass is 32.2. The molecule has 0 aromatic carbocycles. The van der Waals surface area contributed by atoms with Gasteiger partial charge in [0.05, 0.1) is 0 Å². The third kappa shape index (κ3) is 4.49. The number of hydrogen-bond donors (Lipinski definition) is 2. The van der Waals surface area contributed by atoms with Crippen molar-refractivity contribution in [1.82, 2.24) is 15.3 Å². The Morgan fingerprint density at radius 1 is 1.43 bits per heavy atom. The number of thioether (sulfide) groups is 1. The molecule has 0 bridgehead atoms. The lowest BCUT2D eigenvalue weighted by molar-refractivity contribution is -0.119. The monoisotopic (exact) mass is 309 g/mol. The largest absolute Gasteiger partial charge is 0.370 e. The summed E-state index contributed by atoms with van der Waals surface area (Å²) in [5.74, 6) is 1.89. The van der Waals surface area contributed by atoms with Crippen LogP contribution in [-0.2, 0) is 4.79 Å². The molecular formula is C14H23N5OS. The van der Waals surface area contributed by atoms with Crippen LogP contribution in [0.15, 0.2) is 11.2 Å². The molecule has 0 aliphatic carbocycles. The van der Waals surface area contributed by atoms with E-state index in [4.69, 9.17) is 0 Å². The van der Waals surface area contributed by atoms with Crippen LogP contribution in [0.25, 0.3) is 0 Å². The van der Waals surface area contributed by atoms with Crippen molar-refractivity contribution in [2.75, 3.05) is 36.1 Å². The number of carbonyl (C=O) groups excluding carboxylic acids is 1. The molecule has 1 amide bonds. The second-order valence-electron chi connectivity index (χ2n) is 5.09. The van der Waals surface area contributed by atoms with E-state index in [2.05, 4.69) is 32.4 Å². The maximum atomic E-state index is 11.1. The van der Waals surface area contributed by atoms with Crippen LogP contribution in [0.2, 0.25) is 0 Å². The molecule has 116 valence electrons. The van der Waals surface area contributed by atoms with E-state index in [1.54, 1.807) is 18.7 Å². The van der Waals surface area contributed by atoms with Crippen molar-refractivity contribution in [2.24, 2.45) is 0 Å². The number of carbonyl (C=O) groups is 1.